The molecule has 3 rings (SSSR count). The summed E-state index contributed by atoms with van der Waals surface area (Å²) in [6.45, 7) is 9.38. The predicted molar refractivity (Wildman–Crippen MR) is 96.9 cm³/mol. The zero-order chi connectivity index (χ0) is 17.6. The van der Waals surface area contributed by atoms with E-state index in [9.17, 15) is 5.11 Å². The average Bonchev–Trinajstić information content (AvgIpc) is 3.06. The molecule has 2 aromatic rings. The molecule has 1 atom stereocenters. The van der Waals surface area contributed by atoms with E-state index >= 15 is 0 Å². The maximum atomic E-state index is 9.39. The zero-order valence-electron chi connectivity index (χ0n) is 15.1. The molecule has 0 aliphatic carbocycles. The third-order valence-corrected chi connectivity index (χ3v) is 4.61. The predicted octanol–water partition coefficient (Wildman–Crippen LogP) is 2.26. The lowest BCUT2D eigenvalue weighted by atomic mass is 10.1. The topological polar surface area (TPSA) is 65.6 Å². The minimum Gasteiger partial charge on any atom is -0.396 e. The number of hydrogen-bond donors (Lipinski definition) is 1. The van der Waals surface area contributed by atoms with Gasteiger partial charge in [0, 0.05) is 44.4 Å². The number of rotatable bonds is 7. The van der Waals surface area contributed by atoms with Gasteiger partial charge in [-0.15, -0.1) is 0 Å². The highest BCUT2D eigenvalue weighted by atomic mass is 16.5. The van der Waals surface area contributed by atoms with Gasteiger partial charge in [0.05, 0.1) is 6.54 Å². The molecule has 0 amide bonds. The minimum absolute atomic E-state index is 0.228. The molecule has 1 saturated heterocycles. The number of benzene rings is 1. The third kappa shape index (κ3) is 4.87. The summed E-state index contributed by atoms with van der Waals surface area (Å²) in [6, 6.07) is 10.3. The first-order chi connectivity index (χ1) is 12.2. The van der Waals surface area contributed by atoms with Crippen molar-refractivity contribution in [2.24, 2.45) is 5.92 Å². The van der Waals surface area contributed by atoms with Gasteiger partial charge in [-0.1, -0.05) is 49.3 Å². The summed E-state index contributed by atoms with van der Waals surface area (Å²) in [7, 11) is 0. The SMILES string of the molecule is CC(C)CN1CCN(Cc2nc(-c3ccccc3)no2)C[C@@H]1CCO. The van der Waals surface area contributed by atoms with Gasteiger partial charge in [0.2, 0.25) is 11.7 Å². The lowest BCUT2D eigenvalue weighted by Gasteiger charge is -2.41. The monoisotopic (exact) mass is 344 g/mol. The van der Waals surface area contributed by atoms with Crippen LogP contribution in [-0.4, -0.2) is 63.9 Å². The largest absolute Gasteiger partial charge is 0.396 e. The molecule has 1 aromatic carbocycles. The minimum atomic E-state index is 0.228. The summed E-state index contributed by atoms with van der Waals surface area (Å²) < 4.78 is 5.44. The summed E-state index contributed by atoms with van der Waals surface area (Å²) in [5.74, 6) is 1.93. The molecule has 0 unspecified atom stereocenters. The van der Waals surface area contributed by atoms with E-state index in [-0.39, 0.29) is 6.61 Å². The number of hydrogen-bond acceptors (Lipinski definition) is 6. The Bertz CT molecular complexity index is 644. The van der Waals surface area contributed by atoms with Gasteiger partial charge in [0.1, 0.15) is 0 Å². The number of aromatic nitrogens is 2. The van der Waals surface area contributed by atoms with Crippen LogP contribution in [0.3, 0.4) is 0 Å². The second-order valence-corrected chi connectivity index (χ2v) is 7.17. The maximum absolute atomic E-state index is 9.39. The highest BCUT2D eigenvalue weighted by molar-refractivity contribution is 5.53. The quantitative estimate of drug-likeness (QED) is 0.831. The first kappa shape index (κ1) is 18.0. The van der Waals surface area contributed by atoms with Gasteiger partial charge >= 0.3 is 0 Å². The van der Waals surface area contributed by atoms with E-state index in [0.717, 1.165) is 38.2 Å². The number of nitrogens with zero attached hydrogens (tertiary/aromatic N) is 4. The Labute approximate surface area is 149 Å². The molecule has 6 heteroatoms. The van der Waals surface area contributed by atoms with Gasteiger partial charge in [0.15, 0.2) is 0 Å². The van der Waals surface area contributed by atoms with E-state index in [1.54, 1.807) is 0 Å². The van der Waals surface area contributed by atoms with Gasteiger partial charge in [-0.3, -0.25) is 9.80 Å². The second kappa shape index (κ2) is 8.56. The Hall–Kier alpha value is -1.76. The molecule has 136 valence electrons. The van der Waals surface area contributed by atoms with Crippen LogP contribution in [0.25, 0.3) is 11.4 Å². The van der Waals surface area contributed by atoms with Crippen LogP contribution in [0.2, 0.25) is 0 Å². The third-order valence-electron chi connectivity index (χ3n) is 4.61. The maximum Gasteiger partial charge on any atom is 0.241 e. The van der Waals surface area contributed by atoms with E-state index < -0.39 is 0 Å². The van der Waals surface area contributed by atoms with Crippen LogP contribution in [0.15, 0.2) is 34.9 Å². The average molecular weight is 344 g/mol. The summed E-state index contributed by atoms with van der Waals surface area (Å²) in [5.41, 5.74) is 0.970. The van der Waals surface area contributed by atoms with Gasteiger partial charge in [0.25, 0.3) is 0 Å². The normalized spacial score (nSPS) is 19.6. The van der Waals surface area contributed by atoms with E-state index in [4.69, 9.17) is 4.52 Å². The Morgan fingerprint density at radius 1 is 1.24 bits per heavy atom. The van der Waals surface area contributed by atoms with Crippen LogP contribution < -0.4 is 0 Å². The molecule has 1 aliphatic rings. The molecular weight excluding hydrogens is 316 g/mol. The fraction of sp³-hybridized carbons (Fsp3) is 0.579. The standard InChI is InChI=1S/C19H28N4O2/c1-15(2)12-23-10-9-22(13-17(23)8-11-24)14-18-20-19(21-25-18)16-6-4-3-5-7-16/h3-7,15,17,24H,8-14H2,1-2H3/t17-/m0/s1. The summed E-state index contributed by atoms with van der Waals surface area (Å²) in [6.07, 6.45) is 0.808. The summed E-state index contributed by atoms with van der Waals surface area (Å²) in [4.78, 5) is 9.38. The van der Waals surface area contributed by atoms with Gasteiger partial charge in [-0.05, 0) is 12.3 Å². The molecule has 6 nitrogen and oxygen atoms in total. The van der Waals surface area contributed by atoms with E-state index in [0.29, 0.717) is 30.2 Å². The van der Waals surface area contributed by atoms with Crippen LogP contribution in [0.4, 0.5) is 0 Å². The molecule has 1 aromatic heterocycles. The molecular formula is C19H28N4O2. The van der Waals surface area contributed by atoms with Gasteiger partial charge in [-0.2, -0.15) is 4.98 Å². The van der Waals surface area contributed by atoms with Crippen LogP contribution in [0.1, 0.15) is 26.2 Å². The van der Waals surface area contributed by atoms with Crippen LogP contribution in [0.5, 0.6) is 0 Å². The Morgan fingerprint density at radius 3 is 2.76 bits per heavy atom. The fourth-order valence-electron chi connectivity index (χ4n) is 3.45. The Morgan fingerprint density at radius 2 is 2.04 bits per heavy atom. The number of aliphatic hydroxyl groups is 1. The molecule has 0 bridgehead atoms. The molecule has 0 radical (unpaired) electrons. The second-order valence-electron chi connectivity index (χ2n) is 7.17. The highest BCUT2D eigenvalue weighted by Gasteiger charge is 2.27. The van der Waals surface area contributed by atoms with Gasteiger partial charge in [-0.25, -0.2) is 0 Å². The molecule has 2 heterocycles. The molecule has 1 aliphatic heterocycles. The van der Waals surface area contributed by atoms with E-state index in [1.165, 1.54) is 0 Å². The van der Waals surface area contributed by atoms with Crippen molar-refractivity contribution in [1.82, 2.24) is 19.9 Å². The first-order valence-electron chi connectivity index (χ1n) is 9.11. The number of piperazine rings is 1. The van der Waals surface area contributed by atoms with Crippen molar-refractivity contribution >= 4 is 0 Å². The molecule has 25 heavy (non-hydrogen) atoms. The first-order valence-corrected chi connectivity index (χ1v) is 9.11. The van der Waals surface area contributed by atoms with Crippen molar-refractivity contribution in [3.63, 3.8) is 0 Å². The summed E-state index contributed by atoms with van der Waals surface area (Å²) >= 11 is 0. The molecule has 1 N–H and O–H groups in total. The van der Waals surface area contributed by atoms with E-state index in [2.05, 4.69) is 33.8 Å². The van der Waals surface area contributed by atoms with Crippen molar-refractivity contribution in [3.8, 4) is 11.4 Å². The Kier molecular flexibility index (Phi) is 6.18. The zero-order valence-corrected chi connectivity index (χ0v) is 15.1. The van der Waals surface area contributed by atoms with Crippen LogP contribution in [-0.2, 0) is 6.54 Å². The Balaban J connectivity index is 1.61. The summed E-state index contributed by atoms with van der Waals surface area (Å²) in [5, 5.41) is 13.5. The molecule has 0 spiro atoms. The van der Waals surface area contributed by atoms with Crippen molar-refractivity contribution in [2.45, 2.75) is 32.9 Å². The van der Waals surface area contributed by atoms with Crippen molar-refractivity contribution in [2.75, 3.05) is 32.8 Å². The van der Waals surface area contributed by atoms with Crippen molar-refractivity contribution in [3.05, 3.63) is 36.2 Å². The van der Waals surface area contributed by atoms with Crippen LogP contribution >= 0.6 is 0 Å². The lowest BCUT2D eigenvalue weighted by Crippen LogP contribution is -2.53. The highest BCUT2D eigenvalue weighted by Crippen LogP contribution is 2.19. The molecule has 1 fully saturated rings. The van der Waals surface area contributed by atoms with E-state index in [1.807, 2.05) is 30.3 Å². The number of aliphatic hydroxyl groups excluding tert-OH is 1. The molecule has 0 saturated carbocycles. The van der Waals surface area contributed by atoms with Crippen molar-refractivity contribution in [1.29, 1.82) is 0 Å². The lowest BCUT2D eigenvalue weighted by molar-refractivity contribution is 0.0430. The smallest absolute Gasteiger partial charge is 0.241 e. The fourth-order valence-corrected chi connectivity index (χ4v) is 3.45. The van der Waals surface area contributed by atoms with Crippen molar-refractivity contribution < 1.29 is 9.63 Å². The van der Waals surface area contributed by atoms with Gasteiger partial charge < -0.3 is 9.63 Å². The van der Waals surface area contributed by atoms with Crippen LogP contribution in [0, 0.1) is 5.92 Å².